The molecule has 1 N–H and O–H groups in total. The van der Waals surface area contributed by atoms with E-state index < -0.39 is 0 Å². The highest BCUT2D eigenvalue weighted by Gasteiger charge is 2.14. The molecule has 1 saturated heterocycles. The maximum Gasteiger partial charge on any atom is 0.0562 e. The summed E-state index contributed by atoms with van der Waals surface area (Å²) in [6.45, 7) is 16.6. The van der Waals surface area contributed by atoms with Crippen LogP contribution in [-0.4, -0.2) is 32.1 Å². The van der Waals surface area contributed by atoms with Crippen LogP contribution in [0.1, 0.15) is 71.4 Å². The van der Waals surface area contributed by atoms with Crippen LogP contribution in [0.2, 0.25) is 0 Å². The normalized spacial score (nSPS) is 15.5. The molecule has 2 aromatic rings. The summed E-state index contributed by atoms with van der Waals surface area (Å²) < 4.78 is 3.85. The summed E-state index contributed by atoms with van der Waals surface area (Å²) in [5, 5.41) is 11.8. The molecule has 0 saturated carbocycles. The van der Waals surface area contributed by atoms with Crippen LogP contribution in [0.4, 0.5) is 0 Å². The van der Waals surface area contributed by atoms with Crippen molar-refractivity contribution in [1.29, 1.82) is 0 Å². The molecule has 0 bridgehead atoms. The van der Waals surface area contributed by atoms with Gasteiger partial charge in [-0.3, -0.25) is 9.36 Å². The molecule has 3 heterocycles. The Hall–Kier alpha value is -1.62. The molecule has 25 heavy (non-hydrogen) atoms. The number of hydrogen-bond donors (Lipinski definition) is 1. The number of aromatic nitrogens is 4. The lowest BCUT2D eigenvalue weighted by Crippen LogP contribution is -2.26. The van der Waals surface area contributed by atoms with Crippen LogP contribution in [0.15, 0.2) is 24.8 Å². The number of nitrogens with zero attached hydrogens (tertiary/aromatic N) is 4. The third kappa shape index (κ3) is 9.44. The molecule has 1 aliphatic heterocycles. The van der Waals surface area contributed by atoms with Gasteiger partial charge < -0.3 is 5.32 Å². The van der Waals surface area contributed by atoms with E-state index in [9.17, 15) is 0 Å². The fourth-order valence-corrected chi connectivity index (χ4v) is 2.46. The molecule has 0 radical (unpaired) electrons. The molecule has 3 rings (SSSR count). The zero-order valence-corrected chi connectivity index (χ0v) is 17.6. The Morgan fingerprint density at radius 2 is 1.80 bits per heavy atom. The standard InChI is InChI=1S/C11H19N3.C5H8N2.2C2H6/c1-9(2)10-6-13-14(7-10)8-11-4-3-5-12-11;1-5-3-6-7(2)4-5;2*1-2/h6-7,9,11-12H,3-5,8H2,1-2H3;3-4H,1-2H3;2*1-2H3. The number of nitrogens with one attached hydrogen (secondary N) is 1. The maximum absolute atomic E-state index is 4.38. The lowest BCUT2D eigenvalue weighted by Gasteiger charge is -2.09. The molecule has 0 amide bonds. The zero-order chi connectivity index (χ0) is 19.2. The maximum atomic E-state index is 4.38. The summed E-state index contributed by atoms with van der Waals surface area (Å²) in [4.78, 5) is 0. The fourth-order valence-electron chi connectivity index (χ4n) is 2.46. The average molecular weight is 350 g/mol. The molecule has 1 fully saturated rings. The molecule has 1 aliphatic rings. The van der Waals surface area contributed by atoms with E-state index in [0.29, 0.717) is 12.0 Å². The average Bonchev–Trinajstić information content (AvgIpc) is 3.36. The Kier molecular flexibility index (Phi) is 12.8. The topological polar surface area (TPSA) is 47.7 Å². The van der Waals surface area contributed by atoms with Crippen molar-refractivity contribution in [1.82, 2.24) is 24.9 Å². The smallest absolute Gasteiger partial charge is 0.0562 e. The predicted molar refractivity (Wildman–Crippen MR) is 108 cm³/mol. The van der Waals surface area contributed by atoms with Gasteiger partial charge in [0.05, 0.1) is 18.9 Å². The molecular formula is C20H39N5. The van der Waals surface area contributed by atoms with Crippen molar-refractivity contribution in [3.63, 3.8) is 0 Å². The van der Waals surface area contributed by atoms with Crippen LogP contribution in [0.3, 0.4) is 0 Å². The van der Waals surface area contributed by atoms with Crippen molar-refractivity contribution in [2.75, 3.05) is 6.54 Å². The fraction of sp³-hybridized carbons (Fsp3) is 0.700. The van der Waals surface area contributed by atoms with Crippen molar-refractivity contribution in [3.05, 3.63) is 35.9 Å². The molecule has 144 valence electrons. The quantitative estimate of drug-likeness (QED) is 0.885. The van der Waals surface area contributed by atoms with Gasteiger partial charge in [0.25, 0.3) is 0 Å². The van der Waals surface area contributed by atoms with Crippen molar-refractivity contribution in [3.8, 4) is 0 Å². The van der Waals surface area contributed by atoms with Crippen LogP contribution in [0.5, 0.6) is 0 Å². The summed E-state index contributed by atoms with van der Waals surface area (Å²) in [5.41, 5.74) is 2.55. The highest BCUT2D eigenvalue weighted by atomic mass is 15.3. The van der Waals surface area contributed by atoms with Gasteiger partial charge in [-0.05, 0) is 43.4 Å². The molecule has 5 heteroatoms. The Bertz CT molecular complexity index is 519. The number of aryl methyl sites for hydroxylation is 2. The Balaban J connectivity index is 0.000000441. The first kappa shape index (κ1) is 23.4. The van der Waals surface area contributed by atoms with Crippen LogP contribution in [-0.2, 0) is 13.6 Å². The molecule has 1 atom stereocenters. The predicted octanol–water partition coefficient (Wildman–Crippen LogP) is 4.54. The van der Waals surface area contributed by atoms with Gasteiger partial charge in [0.15, 0.2) is 0 Å². The van der Waals surface area contributed by atoms with E-state index in [4.69, 9.17) is 0 Å². The van der Waals surface area contributed by atoms with Crippen LogP contribution >= 0.6 is 0 Å². The molecule has 1 unspecified atom stereocenters. The van der Waals surface area contributed by atoms with Gasteiger partial charge in [0, 0.05) is 25.5 Å². The second kappa shape index (κ2) is 13.6. The van der Waals surface area contributed by atoms with Crippen molar-refractivity contribution in [2.24, 2.45) is 7.05 Å². The number of hydrogen-bond acceptors (Lipinski definition) is 3. The molecule has 0 aliphatic carbocycles. The summed E-state index contributed by atoms with van der Waals surface area (Å²) >= 11 is 0. The lowest BCUT2D eigenvalue weighted by molar-refractivity contribution is 0.475. The Labute approximate surface area is 154 Å². The van der Waals surface area contributed by atoms with Crippen LogP contribution < -0.4 is 5.32 Å². The van der Waals surface area contributed by atoms with Gasteiger partial charge in [0.2, 0.25) is 0 Å². The van der Waals surface area contributed by atoms with Crippen LogP contribution in [0, 0.1) is 6.92 Å². The zero-order valence-electron chi connectivity index (χ0n) is 17.6. The summed E-state index contributed by atoms with van der Waals surface area (Å²) in [6.07, 6.45) is 10.6. The van der Waals surface area contributed by atoms with E-state index in [-0.39, 0.29) is 0 Å². The first-order valence-corrected chi connectivity index (χ1v) is 9.75. The van der Waals surface area contributed by atoms with Crippen molar-refractivity contribution in [2.45, 2.75) is 79.8 Å². The lowest BCUT2D eigenvalue weighted by atomic mass is 10.1. The molecular weight excluding hydrogens is 310 g/mol. The van der Waals surface area contributed by atoms with Gasteiger partial charge in [-0.1, -0.05) is 41.5 Å². The summed E-state index contributed by atoms with van der Waals surface area (Å²) in [6, 6.07) is 0.634. The molecule has 0 spiro atoms. The Morgan fingerprint density at radius 3 is 2.16 bits per heavy atom. The van der Waals surface area contributed by atoms with Gasteiger partial charge in [-0.2, -0.15) is 10.2 Å². The summed E-state index contributed by atoms with van der Waals surface area (Å²) in [5.74, 6) is 0.584. The van der Waals surface area contributed by atoms with Gasteiger partial charge in [0.1, 0.15) is 0 Å². The minimum atomic E-state index is 0.584. The van der Waals surface area contributed by atoms with E-state index in [1.54, 1.807) is 4.68 Å². The molecule has 2 aromatic heterocycles. The van der Waals surface area contributed by atoms with Gasteiger partial charge >= 0.3 is 0 Å². The molecule has 5 nitrogen and oxygen atoms in total. The van der Waals surface area contributed by atoms with Crippen LogP contribution in [0.25, 0.3) is 0 Å². The minimum Gasteiger partial charge on any atom is -0.312 e. The first-order valence-electron chi connectivity index (χ1n) is 9.75. The highest BCUT2D eigenvalue weighted by Crippen LogP contribution is 2.13. The van der Waals surface area contributed by atoms with E-state index in [1.165, 1.54) is 30.5 Å². The second-order valence-electron chi connectivity index (χ2n) is 6.14. The monoisotopic (exact) mass is 349 g/mol. The van der Waals surface area contributed by atoms with Gasteiger partial charge in [-0.15, -0.1) is 0 Å². The van der Waals surface area contributed by atoms with E-state index >= 15 is 0 Å². The largest absolute Gasteiger partial charge is 0.312 e. The summed E-state index contributed by atoms with van der Waals surface area (Å²) in [7, 11) is 1.91. The number of rotatable bonds is 3. The minimum absolute atomic E-state index is 0.584. The van der Waals surface area contributed by atoms with E-state index in [2.05, 4.69) is 40.2 Å². The second-order valence-corrected chi connectivity index (χ2v) is 6.14. The van der Waals surface area contributed by atoms with E-state index in [0.717, 1.165) is 6.54 Å². The highest BCUT2D eigenvalue weighted by molar-refractivity contribution is 5.08. The third-order valence-corrected chi connectivity index (χ3v) is 3.72. The SMILES string of the molecule is CC.CC.CC(C)c1cnn(CC2CCCN2)c1.Cc1cnn(C)c1. The van der Waals surface area contributed by atoms with Crippen molar-refractivity contribution < 1.29 is 0 Å². The molecule has 0 aromatic carbocycles. The first-order chi connectivity index (χ1) is 12.0. The Morgan fingerprint density at radius 1 is 1.12 bits per heavy atom. The third-order valence-electron chi connectivity index (χ3n) is 3.72. The van der Waals surface area contributed by atoms with Gasteiger partial charge in [-0.25, -0.2) is 0 Å². The van der Waals surface area contributed by atoms with Crippen molar-refractivity contribution >= 4 is 0 Å². The van der Waals surface area contributed by atoms with E-state index in [1.807, 2.05) is 60.3 Å².